The summed E-state index contributed by atoms with van der Waals surface area (Å²) in [6, 6.07) is 25.2. The Labute approximate surface area is 239 Å². The van der Waals surface area contributed by atoms with Crippen molar-refractivity contribution in [3.63, 3.8) is 0 Å². The molecule has 4 aromatic rings. The van der Waals surface area contributed by atoms with Crippen molar-refractivity contribution in [2.45, 2.75) is 31.9 Å². The van der Waals surface area contributed by atoms with Gasteiger partial charge in [0.2, 0.25) is 0 Å². The summed E-state index contributed by atoms with van der Waals surface area (Å²) in [6.07, 6.45) is 7.51. The number of halogens is 2. The van der Waals surface area contributed by atoms with Gasteiger partial charge in [-0.25, -0.2) is 4.39 Å². The van der Waals surface area contributed by atoms with Gasteiger partial charge in [0.15, 0.2) is 11.5 Å². The van der Waals surface area contributed by atoms with Gasteiger partial charge >= 0.3 is 0 Å². The molecule has 0 radical (unpaired) electrons. The molecule has 0 bridgehead atoms. The molecule has 4 aromatic carbocycles. The molecule has 0 aromatic heterocycles. The first kappa shape index (κ1) is 26.1. The van der Waals surface area contributed by atoms with Crippen LogP contribution >= 0.6 is 11.6 Å². The van der Waals surface area contributed by atoms with E-state index in [4.69, 9.17) is 21.1 Å². The molecule has 3 atom stereocenters. The maximum atomic E-state index is 13.5. The van der Waals surface area contributed by atoms with E-state index in [9.17, 15) is 4.39 Å². The molecule has 1 aliphatic heterocycles. The lowest BCUT2D eigenvalue weighted by molar-refractivity contribution is 0.284. The molecule has 202 valence electrons. The number of aliphatic imine (C=N–C) groups is 1. The fourth-order valence-corrected chi connectivity index (χ4v) is 5.97. The lowest BCUT2D eigenvalue weighted by atomic mass is 9.76. The third kappa shape index (κ3) is 5.34. The highest BCUT2D eigenvalue weighted by molar-refractivity contribution is 6.32. The van der Waals surface area contributed by atoms with Crippen LogP contribution in [-0.4, -0.2) is 13.3 Å². The van der Waals surface area contributed by atoms with E-state index in [0.29, 0.717) is 33.9 Å². The van der Waals surface area contributed by atoms with E-state index in [1.807, 2.05) is 18.2 Å². The predicted molar refractivity (Wildman–Crippen MR) is 160 cm³/mol. The number of fused-ring (bicyclic) bond motifs is 3. The molecule has 1 N–H and O–H groups in total. The summed E-state index contributed by atoms with van der Waals surface area (Å²) >= 11 is 6.54. The topological polar surface area (TPSA) is 42.8 Å². The second-order valence-electron chi connectivity index (χ2n) is 10.4. The van der Waals surface area contributed by atoms with Crippen molar-refractivity contribution >= 4 is 29.2 Å². The highest BCUT2D eigenvalue weighted by Gasteiger charge is 2.37. The first-order valence-corrected chi connectivity index (χ1v) is 13.8. The van der Waals surface area contributed by atoms with Gasteiger partial charge in [-0.2, -0.15) is 0 Å². The molecule has 0 spiro atoms. The third-order valence-corrected chi connectivity index (χ3v) is 7.94. The summed E-state index contributed by atoms with van der Waals surface area (Å²) in [5.41, 5.74) is 7.51. The zero-order valence-corrected chi connectivity index (χ0v) is 23.2. The van der Waals surface area contributed by atoms with Gasteiger partial charge in [0.05, 0.1) is 23.9 Å². The zero-order valence-electron chi connectivity index (χ0n) is 22.4. The van der Waals surface area contributed by atoms with Crippen LogP contribution in [0.1, 0.15) is 46.2 Å². The van der Waals surface area contributed by atoms with Crippen LogP contribution in [0.15, 0.2) is 96.0 Å². The molecule has 4 nitrogen and oxygen atoms in total. The summed E-state index contributed by atoms with van der Waals surface area (Å²) in [5.74, 6) is 1.53. The number of ether oxygens (including phenoxy) is 2. The van der Waals surface area contributed by atoms with E-state index in [-0.39, 0.29) is 18.5 Å². The van der Waals surface area contributed by atoms with Crippen molar-refractivity contribution in [2.75, 3.05) is 12.4 Å². The Morgan fingerprint density at radius 3 is 2.70 bits per heavy atom. The van der Waals surface area contributed by atoms with E-state index in [0.717, 1.165) is 17.7 Å². The Morgan fingerprint density at radius 1 is 1.05 bits per heavy atom. The minimum atomic E-state index is -0.311. The fourth-order valence-electron chi connectivity index (χ4n) is 5.70. The van der Waals surface area contributed by atoms with Crippen LogP contribution in [0.3, 0.4) is 0 Å². The highest BCUT2D eigenvalue weighted by atomic mass is 35.5. The van der Waals surface area contributed by atoms with Gasteiger partial charge in [0, 0.05) is 17.8 Å². The lowest BCUT2D eigenvalue weighted by Crippen LogP contribution is -2.29. The largest absolute Gasteiger partial charge is 0.493 e. The van der Waals surface area contributed by atoms with Crippen molar-refractivity contribution in [2.24, 2.45) is 10.9 Å². The summed E-state index contributed by atoms with van der Waals surface area (Å²) in [5, 5.41) is 4.19. The normalized spacial score (nSPS) is 19.2. The standard InChI is InChI=1S/C34H30ClFN2O2/c1-21-9-14-31-29(15-21)27-7-4-8-28(27)33(38-31)24-10-12-26(13-11-24)37-19-23-17-30(35)34(32(18-23)39-2)40-20-22-5-3-6-25(36)16-22/h3-7,9-19,27-28,33,38H,8,20H2,1-2H3/t27-,28-,33-/m0/s1. The number of anilines is 1. The molecule has 1 aliphatic carbocycles. The molecule has 40 heavy (non-hydrogen) atoms. The summed E-state index contributed by atoms with van der Waals surface area (Å²) < 4.78 is 24.9. The number of allylic oxidation sites excluding steroid dienone is 2. The Kier molecular flexibility index (Phi) is 7.31. The van der Waals surface area contributed by atoms with Crippen molar-refractivity contribution in [3.8, 4) is 11.5 Å². The van der Waals surface area contributed by atoms with Crippen LogP contribution in [-0.2, 0) is 6.61 Å². The van der Waals surface area contributed by atoms with Crippen molar-refractivity contribution in [1.29, 1.82) is 0 Å². The van der Waals surface area contributed by atoms with Crippen LogP contribution in [0.5, 0.6) is 11.5 Å². The fraction of sp³-hybridized carbons (Fsp3) is 0.206. The maximum Gasteiger partial charge on any atom is 0.180 e. The number of nitrogens with zero attached hydrogens (tertiary/aromatic N) is 1. The molecule has 0 fully saturated rings. The minimum Gasteiger partial charge on any atom is -0.493 e. The maximum absolute atomic E-state index is 13.5. The quantitative estimate of drug-likeness (QED) is 0.184. The first-order chi connectivity index (χ1) is 19.5. The Hall–Kier alpha value is -4.09. The summed E-state index contributed by atoms with van der Waals surface area (Å²) in [6.45, 7) is 2.33. The van der Waals surface area contributed by atoms with E-state index in [1.165, 1.54) is 34.5 Å². The monoisotopic (exact) mass is 552 g/mol. The molecule has 2 aliphatic rings. The molecule has 0 amide bonds. The summed E-state index contributed by atoms with van der Waals surface area (Å²) in [7, 11) is 1.56. The second-order valence-corrected chi connectivity index (χ2v) is 10.8. The van der Waals surface area contributed by atoms with Crippen LogP contribution in [0.4, 0.5) is 15.8 Å². The molecular formula is C34H30ClFN2O2. The van der Waals surface area contributed by atoms with Gasteiger partial charge in [0.25, 0.3) is 0 Å². The summed E-state index contributed by atoms with van der Waals surface area (Å²) in [4.78, 5) is 4.67. The van der Waals surface area contributed by atoms with Crippen molar-refractivity contribution in [1.82, 2.24) is 0 Å². The van der Waals surface area contributed by atoms with E-state index < -0.39 is 0 Å². The number of methoxy groups -OCH3 is 1. The van der Waals surface area contributed by atoms with Gasteiger partial charge in [-0.1, -0.05) is 65.7 Å². The SMILES string of the molecule is COc1cc(C=Nc2ccc([C@@H]3Nc4ccc(C)cc4[C@H]4C=CC[C@@H]43)cc2)cc(Cl)c1OCc1cccc(F)c1. The van der Waals surface area contributed by atoms with E-state index in [2.05, 4.69) is 59.7 Å². The average Bonchev–Trinajstić information content (AvgIpc) is 3.46. The predicted octanol–water partition coefficient (Wildman–Crippen LogP) is 8.95. The lowest BCUT2D eigenvalue weighted by Gasteiger charge is -2.37. The average molecular weight is 553 g/mol. The number of hydrogen-bond donors (Lipinski definition) is 1. The first-order valence-electron chi connectivity index (χ1n) is 13.4. The smallest absolute Gasteiger partial charge is 0.180 e. The Bertz CT molecular complexity index is 1600. The Morgan fingerprint density at radius 2 is 1.90 bits per heavy atom. The van der Waals surface area contributed by atoms with Gasteiger partial charge < -0.3 is 14.8 Å². The second kappa shape index (κ2) is 11.2. The molecule has 0 saturated heterocycles. The molecule has 6 rings (SSSR count). The number of nitrogens with one attached hydrogen (secondary N) is 1. The van der Waals surface area contributed by atoms with Crippen LogP contribution in [0.25, 0.3) is 0 Å². The van der Waals surface area contributed by atoms with Crippen LogP contribution in [0, 0.1) is 18.7 Å². The van der Waals surface area contributed by atoms with E-state index >= 15 is 0 Å². The number of hydrogen-bond acceptors (Lipinski definition) is 4. The van der Waals surface area contributed by atoms with Crippen molar-refractivity contribution < 1.29 is 13.9 Å². The molecule has 0 saturated carbocycles. The molecule has 0 unspecified atom stereocenters. The Balaban J connectivity index is 1.17. The van der Waals surface area contributed by atoms with E-state index in [1.54, 1.807) is 31.5 Å². The number of aryl methyl sites for hydroxylation is 1. The number of benzene rings is 4. The third-order valence-electron chi connectivity index (χ3n) is 7.66. The van der Waals surface area contributed by atoms with Gasteiger partial charge in [-0.3, -0.25) is 4.99 Å². The molecule has 1 heterocycles. The van der Waals surface area contributed by atoms with Crippen LogP contribution < -0.4 is 14.8 Å². The van der Waals surface area contributed by atoms with Gasteiger partial charge in [0.1, 0.15) is 12.4 Å². The molecular weight excluding hydrogens is 523 g/mol. The zero-order chi connectivity index (χ0) is 27.6. The van der Waals surface area contributed by atoms with Crippen molar-refractivity contribution in [3.05, 3.63) is 130 Å². The van der Waals surface area contributed by atoms with Gasteiger partial charge in [-0.15, -0.1) is 0 Å². The van der Waals surface area contributed by atoms with Gasteiger partial charge in [-0.05, 0) is 84.0 Å². The number of rotatable bonds is 7. The van der Waals surface area contributed by atoms with Crippen LogP contribution in [0.2, 0.25) is 5.02 Å². The minimum absolute atomic E-state index is 0.173. The molecule has 6 heteroatoms. The highest BCUT2D eigenvalue weighted by Crippen LogP contribution is 2.50.